The smallest absolute Gasteiger partial charge is 0.267 e. The highest BCUT2D eigenvalue weighted by molar-refractivity contribution is 6.30. The predicted octanol–water partition coefficient (Wildman–Crippen LogP) is 3.92. The molecule has 0 radical (unpaired) electrons. The average molecular weight is 410 g/mol. The molecule has 0 spiro atoms. The lowest BCUT2D eigenvalue weighted by Crippen LogP contribution is -2.17. The number of hydrogen-bond acceptors (Lipinski definition) is 5. The summed E-state index contributed by atoms with van der Waals surface area (Å²) in [5.41, 5.74) is 4.27. The molecule has 0 bridgehead atoms. The van der Waals surface area contributed by atoms with E-state index in [-0.39, 0.29) is 11.6 Å². The van der Waals surface area contributed by atoms with Crippen molar-refractivity contribution in [2.24, 2.45) is 5.10 Å². The van der Waals surface area contributed by atoms with Crippen molar-refractivity contribution in [3.05, 3.63) is 98.8 Å². The molecule has 0 saturated heterocycles. The van der Waals surface area contributed by atoms with Gasteiger partial charge in [0.05, 0.1) is 28.3 Å². The Hall–Kier alpha value is -3.78. The Kier molecular flexibility index (Phi) is 6.49. The minimum absolute atomic E-state index is 0.00124. The molecule has 146 valence electrons. The molecule has 0 unspecified atom stereocenters. The van der Waals surface area contributed by atoms with Crippen molar-refractivity contribution in [2.45, 2.75) is 6.54 Å². The molecule has 9 heteroatoms. The van der Waals surface area contributed by atoms with Crippen LogP contribution in [0.2, 0.25) is 5.02 Å². The summed E-state index contributed by atoms with van der Waals surface area (Å²) in [6.45, 7) is 0.545. The number of nitro groups is 1. The molecule has 0 aliphatic heterocycles. The average Bonchev–Trinajstić information content (AvgIpc) is 3.13. The molecular weight excluding hydrogens is 394 g/mol. The van der Waals surface area contributed by atoms with E-state index in [0.29, 0.717) is 22.7 Å². The van der Waals surface area contributed by atoms with E-state index in [1.54, 1.807) is 53.5 Å². The van der Waals surface area contributed by atoms with E-state index in [4.69, 9.17) is 11.6 Å². The summed E-state index contributed by atoms with van der Waals surface area (Å²) in [4.78, 5) is 22.6. The summed E-state index contributed by atoms with van der Waals surface area (Å²) >= 11 is 5.84. The van der Waals surface area contributed by atoms with Gasteiger partial charge in [0, 0.05) is 24.0 Å². The molecule has 1 aromatic heterocycles. The van der Waals surface area contributed by atoms with Crippen LogP contribution in [0.1, 0.15) is 21.5 Å². The molecule has 0 saturated carbocycles. The van der Waals surface area contributed by atoms with Crippen molar-refractivity contribution in [3.63, 3.8) is 0 Å². The topological polar surface area (TPSA) is 102 Å². The van der Waals surface area contributed by atoms with Crippen molar-refractivity contribution in [3.8, 4) is 0 Å². The fourth-order valence-electron chi connectivity index (χ4n) is 2.52. The second-order valence-electron chi connectivity index (χ2n) is 5.95. The first-order valence-corrected chi connectivity index (χ1v) is 8.91. The van der Waals surface area contributed by atoms with E-state index in [0.717, 1.165) is 5.56 Å². The molecule has 0 aliphatic rings. The van der Waals surface area contributed by atoms with E-state index in [9.17, 15) is 14.9 Å². The van der Waals surface area contributed by atoms with Gasteiger partial charge in [0.2, 0.25) is 0 Å². The molecule has 3 rings (SSSR count). The van der Waals surface area contributed by atoms with Crippen molar-refractivity contribution in [2.75, 3.05) is 0 Å². The lowest BCUT2D eigenvalue weighted by Gasteiger charge is -2.04. The maximum atomic E-state index is 12.1. The first kappa shape index (κ1) is 20.0. The van der Waals surface area contributed by atoms with Gasteiger partial charge in [0.25, 0.3) is 11.6 Å². The Bertz CT molecular complexity index is 1070. The van der Waals surface area contributed by atoms with E-state index in [2.05, 4.69) is 15.6 Å². The number of carbonyl (C=O) groups excluding carboxylic acids is 1. The summed E-state index contributed by atoms with van der Waals surface area (Å²) in [6, 6.07) is 13.4. The molecule has 0 aliphatic carbocycles. The zero-order valence-corrected chi connectivity index (χ0v) is 15.9. The van der Waals surface area contributed by atoms with Crippen LogP contribution in [0.4, 0.5) is 5.69 Å². The van der Waals surface area contributed by atoms with Crippen LogP contribution in [-0.2, 0) is 6.54 Å². The Labute approximate surface area is 171 Å². The Morgan fingerprint density at radius 1 is 1.24 bits per heavy atom. The number of nitrogens with one attached hydrogen (secondary N) is 1. The molecule has 0 atom stereocenters. The van der Waals surface area contributed by atoms with Gasteiger partial charge >= 0.3 is 0 Å². The highest BCUT2D eigenvalue weighted by Gasteiger charge is 2.08. The van der Waals surface area contributed by atoms with Crippen molar-refractivity contribution in [1.29, 1.82) is 0 Å². The number of hydrogen-bond donors (Lipinski definition) is 1. The largest absolute Gasteiger partial charge is 0.276 e. The lowest BCUT2D eigenvalue weighted by molar-refractivity contribution is -0.385. The number of aromatic nitrogens is 2. The van der Waals surface area contributed by atoms with Gasteiger partial charge in [-0.15, -0.1) is 0 Å². The second kappa shape index (κ2) is 9.43. The molecule has 0 fully saturated rings. The molecule has 1 N–H and O–H groups in total. The first-order chi connectivity index (χ1) is 14.0. The second-order valence-corrected chi connectivity index (χ2v) is 6.38. The quantitative estimate of drug-likeness (QED) is 0.363. The van der Waals surface area contributed by atoms with Crippen LogP contribution >= 0.6 is 11.6 Å². The summed E-state index contributed by atoms with van der Waals surface area (Å²) in [7, 11) is 0. The monoisotopic (exact) mass is 409 g/mol. The van der Waals surface area contributed by atoms with Gasteiger partial charge in [-0.05, 0) is 35.9 Å². The third-order valence-electron chi connectivity index (χ3n) is 3.90. The summed E-state index contributed by atoms with van der Waals surface area (Å²) in [5.74, 6) is -0.367. The number of amides is 1. The van der Waals surface area contributed by atoms with Crippen molar-refractivity contribution >= 4 is 35.5 Å². The van der Waals surface area contributed by atoms with Crippen LogP contribution in [0, 0.1) is 10.1 Å². The normalized spacial score (nSPS) is 11.2. The fraction of sp³-hybridized carbons (Fsp3) is 0.0500. The fourth-order valence-corrected chi connectivity index (χ4v) is 2.67. The van der Waals surface area contributed by atoms with E-state index < -0.39 is 4.92 Å². The first-order valence-electron chi connectivity index (χ1n) is 8.53. The predicted molar refractivity (Wildman–Crippen MR) is 111 cm³/mol. The minimum atomic E-state index is -0.455. The number of halogens is 1. The molecule has 1 amide bonds. The van der Waals surface area contributed by atoms with Gasteiger partial charge in [0.1, 0.15) is 0 Å². The molecule has 3 aromatic rings. The number of nitrogens with zero attached hydrogens (tertiary/aromatic N) is 4. The number of benzene rings is 2. The highest BCUT2D eigenvalue weighted by Crippen LogP contribution is 2.18. The van der Waals surface area contributed by atoms with Crippen LogP contribution in [-0.4, -0.2) is 26.8 Å². The van der Waals surface area contributed by atoms with Crippen LogP contribution in [0.15, 0.2) is 72.1 Å². The van der Waals surface area contributed by atoms with Gasteiger partial charge in [-0.25, -0.2) is 5.43 Å². The Morgan fingerprint density at radius 3 is 2.69 bits per heavy atom. The number of nitro benzene ring substituents is 1. The SMILES string of the molecule is O=C(N/N=C/C=C/c1ccccc1[N+](=O)[O-])c1ccc(Cn2cc(Cl)cn2)cc1. The zero-order valence-electron chi connectivity index (χ0n) is 15.1. The summed E-state index contributed by atoms with van der Waals surface area (Å²) < 4.78 is 1.70. The molecule has 8 nitrogen and oxygen atoms in total. The number of carbonyl (C=O) groups is 1. The van der Waals surface area contributed by atoms with Crippen molar-refractivity contribution in [1.82, 2.24) is 15.2 Å². The van der Waals surface area contributed by atoms with Crippen LogP contribution < -0.4 is 5.43 Å². The van der Waals surface area contributed by atoms with Gasteiger partial charge in [-0.2, -0.15) is 10.2 Å². The Morgan fingerprint density at radius 2 is 2.00 bits per heavy atom. The van der Waals surface area contributed by atoms with Gasteiger partial charge in [-0.3, -0.25) is 19.6 Å². The number of rotatable bonds is 7. The molecule has 29 heavy (non-hydrogen) atoms. The highest BCUT2D eigenvalue weighted by atomic mass is 35.5. The zero-order chi connectivity index (χ0) is 20.6. The van der Waals surface area contributed by atoms with Gasteiger partial charge in [-0.1, -0.05) is 35.9 Å². The number of allylic oxidation sites excluding steroid dienone is 1. The van der Waals surface area contributed by atoms with E-state index in [1.807, 2.05) is 12.1 Å². The third kappa shape index (κ3) is 5.60. The summed E-state index contributed by atoms with van der Waals surface area (Å²) in [6.07, 6.45) is 7.69. The maximum absolute atomic E-state index is 12.1. The van der Waals surface area contributed by atoms with E-state index in [1.165, 1.54) is 18.4 Å². The standard InChI is InChI=1S/C20H16ClN5O3/c21-18-12-23-25(14-18)13-15-7-9-17(10-8-15)20(27)24-22-11-3-5-16-4-1-2-6-19(16)26(28)29/h1-12,14H,13H2,(H,24,27)/b5-3+,22-11+. The lowest BCUT2D eigenvalue weighted by atomic mass is 10.1. The maximum Gasteiger partial charge on any atom is 0.276 e. The van der Waals surface area contributed by atoms with Crippen LogP contribution in [0.3, 0.4) is 0 Å². The Balaban J connectivity index is 1.54. The minimum Gasteiger partial charge on any atom is -0.267 e. The van der Waals surface area contributed by atoms with Crippen molar-refractivity contribution < 1.29 is 9.72 Å². The molecule has 2 aromatic carbocycles. The number of para-hydroxylation sites is 1. The summed E-state index contributed by atoms with van der Waals surface area (Å²) in [5, 5.41) is 19.4. The van der Waals surface area contributed by atoms with Crippen LogP contribution in [0.25, 0.3) is 6.08 Å². The van der Waals surface area contributed by atoms with Gasteiger partial charge in [0.15, 0.2) is 0 Å². The van der Waals surface area contributed by atoms with Crippen LogP contribution in [0.5, 0.6) is 0 Å². The van der Waals surface area contributed by atoms with Gasteiger partial charge < -0.3 is 0 Å². The molecule has 1 heterocycles. The van der Waals surface area contributed by atoms with E-state index >= 15 is 0 Å². The molecular formula is C20H16ClN5O3. The number of hydrazone groups is 1. The third-order valence-corrected chi connectivity index (χ3v) is 4.09.